The SMILES string of the molecule is COC(COC(=O)CCCC(=O)O)OC(CO)CC1(C)OCC(OC(CO)CC(C)(C)C)O1. The van der Waals surface area contributed by atoms with Crippen LogP contribution < -0.4 is 0 Å². The van der Waals surface area contributed by atoms with Crippen LogP contribution in [-0.4, -0.2) is 91.4 Å². The first-order chi connectivity index (χ1) is 15.4. The molecule has 194 valence electrons. The Balaban J connectivity index is 2.50. The Morgan fingerprint density at radius 2 is 1.82 bits per heavy atom. The predicted molar refractivity (Wildman–Crippen MR) is 115 cm³/mol. The van der Waals surface area contributed by atoms with Crippen LogP contribution >= 0.6 is 0 Å². The minimum atomic E-state index is -1.09. The van der Waals surface area contributed by atoms with Crippen molar-refractivity contribution in [3.63, 3.8) is 0 Å². The Morgan fingerprint density at radius 3 is 2.36 bits per heavy atom. The largest absolute Gasteiger partial charge is 0.481 e. The van der Waals surface area contributed by atoms with E-state index in [1.54, 1.807) is 6.92 Å². The number of carboxylic acids is 1. The van der Waals surface area contributed by atoms with Crippen LogP contribution in [0.3, 0.4) is 0 Å². The Kier molecular flexibility index (Phi) is 12.7. The molecule has 0 aliphatic carbocycles. The average Bonchev–Trinajstić information content (AvgIpc) is 3.08. The molecule has 3 N–H and O–H groups in total. The first kappa shape index (κ1) is 29.7. The van der Waals surface area contributed by atoms with E-state index in [0.29, 0.717) is 6.42 Å². The minimum absolute atomic E-state index is 0.0269. The standard InChI is InChI=1S/C22H40O11/c1-21(2,3)9-15(11-23)32-20-14-30-22(4,33-20)10-16(12-24)31-19(28-5)13-29-18(27)8-6-7-17(25)26/h15-16,19-20,23-24H,6-14H2,1-5H3,(H,25,26). The van der Waals surface area contributed by atoms with Gasteiger partial charge in [0.2, 0.25) is 0 Å². The first-order valence-electron chi connectivity index (χ1n) is 11.1. The fraction of sp³-hybridized carbons (Fsp3) is 0.909. The molecule has 1 heterocycles. The lowest BCUT2D eigenvalue weighted by Gasteiger charge is -2.30. The molecule has 0 radical (unpaired) electrons. The quantitative estimate of drug-likeness (QED) is 0.217. The lowest BCUT2D eigenvalue weighted by molar-refractivity contribution is -0.248. The highest BCUT2D eigenvalue weighted by Crippen LogP contribution is 2.31. The first-order valence-corrected chi connectivity index (χ1v) is 11.1. The summed E-state index contributed by atoms with van der Waals surface area (Å²) in [5.41, 5.74) is -0.0269. The summed E-state index contributed by atoms with van der Waals surface area (Å²) in [7, 11) is 1.37. The van der Waals surface area contributed by atoms with Crippen LogP contribution in [0.4, 0.5) is 0 Å². The van der Waals surface area contributed by atoms with Crippen molar-refractivity contribution < 1.29 is 53.3 Å². The maximum atomic E-state index is 11.7. The molecule has 0 saturated carbocycles. The van der Waals surface area contributed by atoms with E-state index in [-0.39, 0.29) is 57.5 Å². The van der Waals surface area contributed by atoms with E-state index in [9.17, 15) is 19.8 Å². The molecule has 0 aromatic heterocycles. The van der Waals surface area contributed by atoms with Gasteiger partial charge in [-0.3, -0.25) is 9.59 Å². The number of rotatable bonds is 16. The molecule has 0 aromatic carbocycles. The van der Waals surface area contributed by atoms with E-state index >= 15 is 0 Å². The van der Waals surface area contributed by atoms with Crippen molar-refractivity contribution in [3.05, 3.63) is 0 Å². The van der Waals surface area contributed by atoms with Gasteiger partial charge >= 0.3 is 11.9 Å². The van der Waals surface area contributed by atoms with Gasteiger partial charge in [-0.05, 0) is 25.2 Å². The molecule has 0 bridgehead atoms. The molecule has 1 aliphatic heterocycles. The second-order valence-electron chi connectivity index (χ2n) is 9.44. The fourth-order valence-electron chi connectivity index (χ4n) is 3.38. The summed E-state index contributed by atoms with van der Waals surface area (Å²) in [4.78, 5) is 22.2. The second-order valence-corrected chi connectivity index (χ2v) is 9.44. The Morgan fingerprint density at radius 1 is 1.15 bits per heavy atom. The van der Waals surface area contributed by atoms with Gasteiger partial charge in [0.25, 0.3) is 0 Å². The second kappa shape index (κ2) is 14.1. The normalized spacial score (nSPS) is 23.8. The van der Waals surface area contributed by atoms with Crippen molar-refractivity contribution in [3.8, 4) is 0 Å². The Bertz CT molecular complexity index is 591. The summed E-state index contributed by atoms with van der Waals surface area (Å²) in [5, 5.41) is 28.0. The lowest BCUT2D eigenvalue weighted by atomic mass is 9.89. The fourth-order valence-corrected chi connectivity index (χ4v) is 3.38. The molecule has 33 heavy (non-hydrogen) atoms. The third-order valence-electron chi connectivity index (χ3n) is 4.85. The highest BCUT2D eigenvalue weighted by molar-refractivity contribution is 5.71. The van der Waals surface area contributed by atoms with Crippen LogP contribution in [0.1, 0.15) is 59.8 Å². The molecule has 0 spiro atoms. The summed E-state index contributed by atoms with van der Waals surface area (Å²) in [6, 6.07) is 0. The maximum absolute atomic E-state index is 11.7. The average molecular weight is 481 g/mol. The van der Waals surface area contributed by atoms with Gasteiger partial charge in [0.05, 0.1) is 25.4 Å². The molecule has 11 heteroatoms. The van der Waals surface area contributed by atoms with Gasteiger partial charge in [-0.2, -0.15) is 0 Å². The van der Waals surface area contributed by atoms with Crippen LogP contribution in [0.5, 0.6) is 0 Å². The van der Waals surface area contributed by atoms with Gasteiger partial charge < -0.3 is 43.7 Å². The zero-order valence-corrected chi connectivity index (χ0v) is 20.3. The van der Waals surface area contributed by atoms with Gasteiger partial charge in [0, 0.05) is 26.4 Å². The van der Waals surface area contributed by atoms with E-state index < -0.39 is 42.5 Å². The number of esters is 1. The van der Waals surface area contributed by atoms with Gasteiger partial charge in [-0.25, -0.2) is 0 Å². The summed E-state index contributed by atoms with van der Waals surface area (Å²) >= 11 is 0. The molecule has 5 unspecified atom stereocenters. The van der Waals surface area contributed by atoms with Crippen LogP contribution in [-0.2, 0) is 38.0 Å². The molecule has 11 nitrogen and oxygen atoms in total. The third-order valence-corrected chi connectivity index (χ3v) is 4.85. The molecule has 0 amide bonds. The molecular formula is C22H40O11. The maximum Gasteiger partial charge on any atom is 0.305 e. The summed E-state index contributed by atoms with van der Waals surface area (Å²) < 4.78 is 33.4. The Hall–Kier alpha value is -1.34. The number of aliphatic carboxylic acids is 1. The van der Waals surface area contributed by atoms with Crippen molar-refractivity contribution >= 4 is 11.9 Å². The van der Waals surface area contributed by atoms with Gasteiger partial charge in [-0.1, -0.05) is 20.8 Å². The van der Waals surface area contributed by atoms with E-state index in [4.69, 9.17) is 33.5 Å². The van der Waals surface area contributed by atoms with Crippen LogP contribution in [0.2, 0.25) is 0 Å². The molecule has 1 fully saturated rings. The number of hydrogen-bond acceptors (Lipinski definition) is 10. The number of carbonyl (C=O) groups is 2. The van der Waals surface area contributed by atoms with E-state index in [0.717, 1.165) is 0 Å². The van der Waals surface area contributed by atoms with Crippen molar-refractivity contribution in [2.75, 3.05) is 33.5 Å². The van der Waals surface area contributed by atoms with Gasteiger partial charge in [0.1, 0.15) is 13.2 Å². The number of hydrogen-bond donors (Lipinski definition) is 3. The monoisotopic (exact) mass is 480 g/mol. The van der Waals surface area contributed by atoms with Crippen LogP contribution in [0, 0.1) is 5.41 Å². The third kappa shape index (κ3) is 12.6. The van der Waals surface area contributed by atoms with E-state index in [1.807, 2.05) is 0 Å². The summed E-state index contributed by atoms with van der Waals surface area (Å²) in [5.74, 6) is -2.64. The molecule has 1 rings (SSSR count). The molecule has 1 aliphatic rings. The van der Waals surface area contributed by atoms with Crippen molar-refractivity contribution in [2.24, 2.45) is 5.41 Å². The Labute approximate surface area is 195 Å². The zero-order chi connectivity index (χ0) is 25.1. The topological polar surface area (TPSA) is 150 Å². The highest BCUT2D eigenvalue weighted by Gasteiger charge is 2.41. The van der Waals surface area contributed by atoms with Gasteiger partial charge in [0.15, 0.2) is 18.4 Å². The van der Waals surface area contributed by atoms with Crippen molar-refractivity contribution in [1.29, 1.82) is 0 Å². The minimum Gasteiger partial charge on any atom is -0.481 e. The van der Waals surface area contributed by atoms with Crippen molar-refractivity contribution in [2.45, 2.75) is 90.4 Å². The molecule has 0 aromatic rings. The highest BCUT2D eigenvalue weighted by atomic mass is 16.8. The molecular weight excluding hydrogens is 440 g/mol. The summed E-state index contributed by atoms with van der Waals surface area (Å²) in [6.07, 6.45) is -1.92. The number of carbonyl (C=O) groups excluding carboxylic acids is 1. The molecule has 1 saturated heterocycles. The number of carboxylic acid groups (broad SMARTS) is 1. The number of methoxy groups -OCH3 is 1. The van der Waals surface area contributed by atoms with Crippen LogP contribution in [0.25, 0.3) is 0 Å². The van der Waals surface area contributed by atoms with Crippen molar-refractivity contribution in [1.82, 2.24) is 0 Å². The number of aliphatic hydroxyl groups excluding tert-OH is 2. The zero-order valence-electron chi connectivity index (χ0n) is 20.3. The molecule has 5 atom stereocenters. The van der Waals surface area contributed by atoms with E-state index in [1.165, 1.54) is 7.11 Å². The predicted octanol–water partition coefficient (Wildman–Crippen LogP) is 1.43. The van der Waals surface area contributed by atoms with Crippen LogP contribution in [0.15, 0.2) is 0 Å². The summed E-state index contributed by atoms with van der Waals surface area (Å²) in [6.45, 7) is 7.31. The lowest BCUT2D eigenvalue weighted by Crippen LogP contribution is -2.39. The number of aliphatic hydroxyl groups is 2. The smallest absolute Gasteiger partial charge is 0.305 e. The van der Waals surface area contributed by atoms with Gasteiger partial charge in [-0.15, -0.1) is 0 Å². The van der Waals surface area contributed by atoms with E-state index in [2.05, 4.69) is 20.8 Å². The number of ether oxygens (including phenoxy) is 6.